The van der Waals surface area contributed by atoms with E-state index in [9.17, 15) is 9.59 Å². The summed E-state index contributed by atoms with van der Waals surface area (Å²) in [6.45, 7) is 1.77. The Morgan fingerprint density at radius 1 is 1.09 bits per heavy atom. The minimum absolute atomic E-state index is 0.0744. The van der Waals surface area contributed by atoms with Crippen molar-refractivity contribution in [3.63, 3.8) is 0 Å². The maximum Gasteiger partial charge on any atom is 0.255 e. The minimum Gasteiger partial charge on any atom is -0.497 e. The van der Waals surface area contributed by atoms with Gasteiger partial charge in [0.25, 0.3) is 5.91 Å². The summed E-state index contributed by atoms with van der Waals surface area (Å²) < 4.78 is 5.07. The minimum atomic E-state index is -0.264. The van der Waals surface area contributed by atoms with E-state index in [-0.39, 0.29) is 18.4 Å². The molecule has 0 bridgehead atoms. The normalized spacial score (nSPS) is 10.0. The molecule has 2 aromatic carbocycles. The van der Waals surface area contributed by atoms with E-state index in [0.717, 1.165) is 5.56 Å². The van der Waals surface area contributed by atoms with Crippen LogP contribution in [0, 0.1) is 6.92 Å². The summed E-state index contributed by atoms with van der Waals surface area (Å²) in [5.41, 5.74) is 7.95. The SMILES string of the molecule is COc1ccc(C(=O)Nc2ccc(NC(=O)CN)cc2C)cc1. The highest BCUT2D eigenvalue weighted by atomic mass is 16.5. The molecule has 2 amide bonds. The van der Waals surface area contributed by atoms with Crippen LogP contribution in [0.5, 0.6) is 5.75 Å². The fourth-order valence-corrected chi connectivity index (χ4v) is 2.03. The highest BCUT2D eigenvalue weighted by molar-refractivity contribution is 6.05. The lowest BCUT2D eigenvalue weighted by molar-refractivity contribution is -0.114. The Labute approximate surface area is 134 Å². The Kier molecular flexibility index (Phi) is 5.32. The van der Waals surface area contributed by atoms with Crippen LogP contribution in [0.4, 0.5) is 11.4 Å². The molecule has 0 saturated heterocycles. The molecule has 0 atom stereocenters. The summed E-state index contributed by atoms with van der Waals surface area (Å²) in [5, 5.41) is 5.51. The summed E-state index contributed by atoms with van der Waals surface area (Å²) in [4.78, 5) is 23.5. The number of benzene rings is 2. The lowest BCUT2D eigenvalue weighted by atomic mass is 10.1. The third-order valence-corrected chi connectivity index (χ3v) is 3.30. The molecule has 6 heteroatoms. The number of rotatable bonds is 5. The van der Waals surface area contributed by atoms with Gasteiger partial charge in [0.05, 0.1) is 13.7 Å². The molecule has 0 aliphatic heterocycles. The molecule has 0 unspecified atom stereocenters. The van der Waals surface area contributed by atoms with Gasteiger partial charge in [-0.2, -0.15) is 0 Å². The standard InChI is InChI=1S/C17H19N3O3/c1-11-9-13(19-16(21)10-18)5-8-15(11)20-17(22)12-3-6-14(23-2)7-4-12/h3-9H,10,18H2,1-2H3,(H,19,21)(H,20,22). The number of nitrogens with two attached hydrogens (primary N) is 1. The molecule has 0 heterocycles. The quantitative estimate of drug-likeness (QED) is 0.788. The molecule has 23 heavy (non-hydrogen) atoms. The second-order valence-corrected chi connectivity index (χ2v) is 4.96. The van der Waals surface area contributed by atoms with E-state index in [0.29, 0.717) is 22.7 Å². The van der Waals surface area contributed by atoms with Crippen LogP contribution in [0.1, 0.15) is 15.9 Å². The van der Waals surface area contributed by atoms with Crippen molar-refractivity contribution < 1.29 is 14.3 Å². The van der Waals surface area contributed by atoms with E-state index in [1.54, 1.807) is 49.6 Å². The van der Waals surface area contributed by atoms with Gasteiger partial charge in [0.1, 0.15) is 5.75 Å². The van der Waals surface area contributed by atoms with Gasteiger partial charge >= 0.3 is 0 Å². The van der Waals surface area contributed by atoms with Crippen LogP contribution in [0.15, 0.2) is 42.5 Å². The predicted molar refractivity (Wildman–Crippen MR) is 89.8 cm³/mol. The fourth-order valence-electron chi connectivity index (χ4n) is 2.03. The van der Waals surface area contributed by atoms with Crippen LogP contribution in [0.25, 0.3) is 0 Å². The second kappa shape index (κ2) is 7.42. The van der Waals surface area contributed by atoms with Crippen molar-refractivity contribution in [2.24, 2.45) is 5.73 Å². The molecule has 0 radical (unpaired) electrons. The van der Waals surface area contributed by atoms with Crippen molar-refractivity contribution in [2.75, 3.05) is 24.3 Å². The number of carbonyl (C=O) groups is 2. The number of amides is 2. The third kappa shape index (κ3) is 4.31. The number of anilines is 2. The van der Waals surface area contributed by atoms with Crippen molar-refractivity contribution >= 4 is 23.2 Å². The smallest absolute Gasteiger partial charge is 0.255 e. The van der Waals surface area contributed by atoms with Gasteiger partial charge in [0.15, 0.2) is 0 Å². The Balaban J connectivity index is 2.09. The maximum atomic E-state index is 12.2. The molecule has 2 aromatic rings. The molecule has 2 rings (SSSR count). The third-order valence-electron chi connectivity index (χ3n) is 3.30. The van der Waals surface area contributed by atoms with Crippen LogP contribution in [-0.2, 0) is 4.79 Å². The largest absolute Gasteiger partial charge is 0.497 e. The zero-order valence-electron chi connectivity index (χ0n) is 13.1. The van der Waals surface area contributed by atoms with Gasteiger partial charge in [-0.3, -0.25) is 9.59 Å². The predicted octanol–water partition coefficient (Wildman–Crippen LogP) is 2.15. The molecule has 4 N–H and O–H groups in total. The molecule has 0 saturated carbocycles. The van der Waals surface area contributed by atoms with Crippen molar-refractivity contribution in [3.8, 4) is 5.75 Å². The van der Waals surface area contributed by atoms with Gasteiger partial charge in [-0.05, 0) is 55.0 Å². The number of aryl methyl sites for hydroxylation is 1. The lowest BCUT2D eigenvalue weighted by Gasteiger charge is -2.11. The zero-order valence-corrected chi connectivity index (χ0v) is 13.1. The summed E-state index contributed by atoms with van der Waals surface area (Å²) in [6.07, 6.45) is 0. The highest BCUT2D eigenvalue weighted by Gasteiger charge is 2.09. The average Bonchev–Trinajstić information content (AvgIpc) is 2.57. The summed E-state index contributed by atoms with van der Waals surface area (Å²) in [5.74, 6) is 0.214. The van der Waals surface area contributed by atoms with Crippen molar-refractivity contribution in [1.29, 1.82) is 0 Å². The first kappa shape index (κ1) is 16.5. The van der Waals surface area contributed by atoms with Crippen LogP contribution in [0.2, 0.25) is 0 Å². The maximum absolute atomic E-state index is 12.2. The average molecular weight is 313 g/mol. The first-order chi connectivity index (χ1) is 11.0. The highest BCUT2D eigenvalue weighted by Crippen LogP contribution is 2.21. The lowest BCUT2D eigenvalue weighted by Crippen LogP contribution is -2.21. The van der Waals surface area contributed by atoms with Crippen molar-refractivity contribution in [1.82, 2.24) is 0 Å². The monoisotopic (exact) mass is 313 g/mol. The fraction of sp³-hybridized carbons (Fsp3) is 0.176. The van der Waals surface area contributed by atoms with Crippen LogP contribution >= 0.6 is 0 Å². The zero-order chi connectivity index (χ0) is 16.8. The first-order valence-corrected chi connectivity index (χ1v) is 7.09. The van der Waals surface area contributed by atoms with E-state index >= 15 is 0 Å². The number of hydrogen-bond donors (Lipinski definition) is 3. The first-order valence-electron chi connectivity index (χ1n) is 7.09. The van der Waals surface area contributed by atoms with Gasteiger partial charge < -0.3 is 21.1 Å². The van der Waals surface area contributed by atoms with Crippen molar-refractivity contribution in [2.45, 2.75) is 6.92 Å². The van der Waals surface area contributed by atoms with E-state index in [1.165, 1.54) is 0 Å². The molecule has 0 aliphatic carbocycles. The second-order valence-electron chi connectivity index (χ2n) is 4.96. The van der Waals surface area contributed by atoms with E-state index in [2.05, 4.69) is 10.6 Å². The molecule has 6 nitrogen and oxygen atoms in total. The number of hydrogen-bond acceptors (Lipinski definition) is 4. The van der Waals surface area contributed by atoms with Gasteiger partial charge in [0.2, 0.25) is 5.91 Å². The molecule has 0 spiro atoms. The Bertz CT molecular complexity index is 712. The molecular formula is C17H19N3O3. The summed E-state index contributed by atoms with van der Waals surface area (Å²) >= 11 is 0. The van der Waals surface area contributed by atoms with Crippen molar-refractivity contribution in [3.05, 3.63) is 53.6 Å². The Hall–Kier alpha value is -2.86. The van der Waals surface area contributed by atoms with Crippen LogP contribution in [0.3, 0.4) is 0 Å². The number of carbonyl (C=O) groups excluding carboxylic acids is 2. The van der Waals surface area contributed by atoms with E-state index < -0.39 is 0 Å². The van der Waals surface area contributed by atoms with Gasteiger partial charge in [0, 0.05) is 16.9 Å². The number of ether oxygens (including phenoxy) is 1. The number of nitrogens with one attached hydrogen (secondary N) is 2. The van der Waals surface area contributed by atoms with E-state index in [1.807, 2.05) is 6.92 Å². The molecule has 0 aliphatic rings. The molecule has 0 aromatic heterocycles. The van der Waals surface area contributed by atoms with Gasteiger partial charge in [-0.15, -0.1) is 0 Å². The van der Waals surface area contributed by atoms with Crippen LogP contribution < -0.4 is 21.1 Å². The topological polar surface area (TPSA) is 93.5 Å². The Morgan fingerprint density at radius 2 is 1.78 bits per heavy atom. The summed E-state index contributed by atoms with van der Waals surface area (Å²) in [7, 11) is 1.57. The van der Waals surface area contributed by atoms with Gasteiger partial charge in [-0.25, -0.2) is 0 Å². The molecular weight excluding hydrogens is 294 g/mol. The van der Waals surface area contributed by atoms with Gasteiger partial charge in [-0.1, -0.05) is 0 Å². The summed E-state index contributed by atoms with van der Waals surface area (Å²) in [6, 6.07) is 12.1. The Morgan fingerprint density at radius 3 is 2.35 bits per heavy atom. The van der Waals surface area contributed by atoms with E-state index in [4.69, 9.17) is 10.5 Å². The molecule has 0 fully saturated rings. The number of methoxy groups -OCH3 is 1. The molecule has 120 valence electrons. The van der Waals surface area contributed by atoms with Crippen LogP contribution in [-0.4, -0.2) is 25.5 Å².